The molecule has 1 aromatic rings. The summed E-state index contributed by atoms with van der Waals surface area (Å²) in [6, 6.07) is 7.47. The lowest BCUT2D eigenvalue weighted by Crippen LogP contribution is -2.45. The molecule has 0 saturated carbocycles. The molecule has 3 N–H and O–H groups in total. The van der Waals surface area contributed by atoms with E-state index in [2.05, 4.69) is 16.3 Å². The second kappa shape index (κ2) is 6.48. The first-order chi connectivity index (χ1) is 9.89. The predicted molar refractivity (Wildman–Crippen MR) is 88.6 cm³/mol. The van der Waals surface area contributed by atoms with Gasteiger partial charge in [0.05, 0.1) is 17.4 Å². The smallest absolute Gasteiger partial charge is 0.241 e. The van der Waals surface area contributed by atoms with Crippen LogP contribution in [0.25, 0.3) is 0 Å². The fraction of sp³-hybridized carbons (Fsp3) is 0.588. The average molecular weight is 289 g/mol. The highest BCUT2D eigenvalue weighted by Gasteiger charge is 2.28. The Kier molecular flexibility index (Phi) is 4.88. The number of nitrogens with one attached hydrogen (secondary N) is 1. The van der Waals surface area contributed by atoms with Crippen molar-refractivity contribution in [2.75, 3.05) is 23.3 Å². The van der Waals surface area contributed by atoms with Crippen LogP contribution in [-0.4, -0.2) is 25.0 Å². The van der Waals surface area contributed by atoms with Gasteiger partial charge in [0, 0.05) is 13.1 Å². The molecule has 0 radical (unpaired) electrons. The lowest BCUT2D eigenvalue weighted by atomic mass is 9.87. The number of hydrogen-bond acceptors (Lipinski definition) is 3. The number of carbonyl (C=O) groups excluding carboxylic acids is 1. The number of anilines is 2. The first-order valence-corrected chi connectivity index (χ1v) is 7.80. The highest BCUT2D eigenvalue weighted by atomic mass is 16.2. The van der Waals surface area contributed by atoms with Crippen molar-refractivity contribution in [3.8, 4) is 0 Å². The Morgan fingerprint density at radius 2 is 1.81 bits per heavy atom. The monoisotopic (exact) mass is 289 g/mol. The van der Waals surface area contributed by atoms with Crippen molar-refractivity contribution >= 4 is 17.3 Å². The van der Waals surface area contributed by atoms with Crippen LogP contribution < -0.4 is 16.0 Å². The van der Waals surface area contributed by atoms with Gasteiger partial charge in [-0.2, -0.15) is 0 Å². The van der Waals surface area contributed by atoms with E-state index in [1.54, 1.807) is 0 Å². The van der Waals surface area contributed by atoms with Gasteiger partial charge in [-0.1, -0.05) is 32.9 Å². The van der Waals surface area contributed by atoms with Crippen molar-refractivity contribution in [2.24, 2.45) is 11.1 Å². The zero-order valence-corrected chi connectivity index (χ0v) is 13.4. The van der Waals surface area contributed by atoms with Gasteiger partial charge in [0.25, 0.3) is 0 Å². The number of rotatable bonds is 3. The molecule has 0 unspecified atom stereocenters. The molecule has 0 aromatic heterocycles. The molecule has 1 fully saturated rings. The standard InChI is InChI=1S/C17H27N3O/c1-17(2,3)15(18)16(21)19-13-9-5-6-10-14(13)20-11-7-4-8-12-20/h5-6,9-10,15H,4,7-8,11-12,18H2,1-3H3,(H,19,21)/t15-/m1/s1. The molecule has 1 atom stereocenters. The van der Waals surface area contributed by atoms with Crippen molar-refractivity contribution in [3.63, 3.8) is 0 Å². The van der Waals surface area contributed by atoms with Crippen LogP contribution in [0, 0.1) is 5.41 Å². The third-order valence-electron chi connectivity index (χ3n) is 4.07. The maximum atomic E-state index is 12.3. The molecule has 1 heterocycles. The molecule has 21 heavy (non-hydrogen) atoms. The Bertz CT molecular complexity index is 487. The molecule has 0 spiro atoms. The van der Waals surface area contributed by atoms with E-state index in [1.807, 2.05) is 39.0 Å². The third kappa shape index (κ3) is 3.97. The van der Waals surface area contributed by atoms with E-state index in [4.69, 9.17) is 5.73 Å². The average Bonchev–Trinajstić information content (AvgIpc) is 2.47. The number of carbonyl (C=O) groups is 1. The van der Waals surface area contributed by atoms with Crippen molar-refractivity contribution in [3.05, 3.63) is 24.3 Å². The van der Waals surface area contributed by atoms with E-state index in [-0.39, 0.29) is 11.3 Å². The van der Waals surface area contributed by atoms with Crippen molar-refractivity contribution in [1.29, 1.82) is 0 Å². The van der Waals surface area contributed by atoms with Crippen LogP contribution in [0.5, 0.6) is 0 Å². The summed E-state index contributed by atoms with van der Waals surface area (Å²) in [5, 5.41) is 3.01. The molecule has 4 nitrogen and oxygen atoms in total. The van der Waals surface area contributed by atoms with Gasteiger partial charge in [-0.25, -0.2) is 0 Å². The van der Waals surface area contributed by atoms with Crippen molar-refractivity contribution in [2.45, 2.75) is 46.1 Å². The van der Waals surface area contributed by atoms with Gasteiger partial charge in [-0.15, -0.1) is 0 Å². The summed E-state index contributed by atoms with van der Waals surface area (Å²) in [6.07, 6.45) is 3.72. The third-order valence-corrected chi connectivity index (χ3v) is 4.07. The molecule has 1 aromatic carbocycles. The maximum absolute atomic E-state index is 12.3. The Hall–Kier alpha value is -1.55. The number of hydrogen-bond donors (Lipinski definition) is 2. The Morgan fingerprint density at radius 1 is 1.19 bits per heavy atom. The van der Waals surface area contributed by atoms with E-state index in [1.165, 1.54) is 19.3 Å². The largest absolute Gasteiger partial charge is 0.370 e. The number of nitrogens with zero attached hydrogens (tertiary/aromatic N) is 1. The molecule has 4 heteroatoms. The van der Waals surface area contributed by atoms with Crippen LogP contribution in [-0.2, 0) is 4.79 Å². The second-order valence-electron chi connectivity index (χ2n) is 6.90. The molecule has 1 aliphatic heterocycles. The van der Waals surface area contributed by atoms with E-state index in [9.17, 15) is 4.79 Å². The van der Waals surface area contributed by atoms with E-state index < -0.39 is 6.04 Å². The summed E-state index contributed by atoms with van der Waals surface area (Å²) in [6.45, 7) is 8.05. The van der Waals surface area contributed by atoms with Crippen LogP contribution in [0.4, 0.5) is 11.4 Å². The van der Waals surface area contributed by atoms with E-state index in [0.717, 1.165) is 24.5 Å². The fourth-order valence-electron chi connectivity index (χ4n) is 2.59. The van der Waals surface area contributed by atoms with Gasteiger partial charge in [0.1, 0.15) is 0 Å². The van der Waals surface area contributed by atoms with Gasteiger partial charge < -0.3 is 16.0 Å². The predicted octanol–water partition coefficient (Wildman–Crippen LogP) is 2.99. The lowest BCUT2D eigenvalue weighted by Gasteiger charge is -2.31. The SMILES string of the molecule is CC(C)(C)[C@H](N)C(=O)Nc1ccccc1N1CCCCC1. The lowest BCUT2D eigenvalue weighted by molar-refractivity contribution is -0.119. The molecule has 1 aliphatic rings. The van der Waals surface area contributed by atoms with Crippen LogP contribution in [0.3, 0.4) is 0 Å². The van der Waals surface area contributed by atoms with Crippen molar-refractivity contribution in [1.82, 2.24) is 0 Å². The number of para-hydroxylation sites is 2. The molecule has 1 saturated heterocycles. The summed E-state index contributed by atoms with van der Waals surface area (Å²) in [7, 11) is 0. The van der Waals surface area contributed by atoms with Crippen LogP contribution >= 0.6 is 0 Å². The normalized spacial score (nSPS) is 17.4. The van der Waals surface area contributed by atoms with Gasteiger partial charge in [0.2, 0.25) is 5.91 Å². The molecular formula is C17H27N3O. The molecular weight excluding hydrogens is 262 g/mol. The number of nitrogens with two attached hydrogens (primary N) is 1. The summed E-state index contributed by atoms with van der Waals surface area (Å²) >= 11 is 0. The highest BCUT2D eigenvalue weighted by Crippen LogP contribution is 2.29. The summed E-state index contributed by atoms with van der Waals surface area (Å²) in [5.74, 6) is -0.119. The molecule has 0 aliphatic carbocycles. The van der Waals surface area contributed by atoms with Crippen LogP contribution in [0.15, 0.2) is 24.3 Å². The molecule has 0 bridgehead atoms. The minimum Gasteiger partial charge on any atom is -0.370 e. The van der Waals surface area contributed by atoms with E-state index >= 15 is 0 Å². The van der Waals surface area contributed by atoms with Gasteiger partial charge in [0.15, 0.2) is 0 Å². The minimum atomic E-state index is -0.521. The zero-order valence-electron chi connectivity index (χ0n) is 13.4. The molecule has 116 valence electrons. The zero-order chi connectivity index (χ0) is 15.5. The topological polar surface area (TPSA) is 58.4 Å². The molecule has 1 amide bonds. The van der Waals surface area contributed by atoms with Gasteiger partial charge in [-0.3, -0.25) is 4.79 Å². The highest BCUT2D eigenvalue weighted by molar-refractivity contribution is 5.98. The maximum Gasteiger partial charge on any atom is 0.241 e. The van der Waals surface area contributed by atoms with E-state index in [0.29, 0.717) is 0 Å². The Balaban J connectivity index is 2.15. The summed E-state index contributed by atoms with van der Waals surface area (Å²) < 4.78 is 0. The molecule has 2 rings (SSSR count). The van der Waals surface area contributed by atoms with Crippen molar-refractivity contribution < 1.29 is 4.79 Å². The van der Waals surface area contributed by atoms with Gasteiger partial charge >= 0.3 is 0 Å². The number of piperidine rings is 1. The summed E-state index contributed by atoms with van der Waals surface area (Å²) in [4.78, 5) is 14.7. The van der Waals surface area contributed by atoms with Crippen LogP contribution in [0.2, 0.25) is 0 Å². The minimum absolute atomic E-state index is 0.119. The second-order valence-corrected chi connectivity index (χ2v) is 6.90. The Morgan fingerprint density at radius 3 is 2.43 bits per heavy atom. The first-order valence-electron chi connectivity index (χ1n) is 7.80. The Labute approximate surface area is 127 Å². The fourth-order valence-corrected chi connectivity index (χ4v) is 2.59. The quantitative estimate of drug-likeness (QED) is 0.899. The first kappa shape index (κ1) is 15.8. The van der Waals surface area contributed by atoms with Gasteiger partial charge in [-0.05, 0) is 36.8 Å². The number of benzene rings is 1. The number of amides is 1. The van der Waals surface area contributed by atoms with Crippen LogP contribution in [0.1, 0.15) is 40.0 Å². The summed E-state index contributed by atoms with van der Waals surface area (Å²) in [5.41, 5.74) is 7.77.